The molecule has 0 saturated carbocycles. The third-order valence-electron chi connectivity index (χ3n) is 3.54. The van der Waals surface area contributed by atoms with E-state index in [1.54, 1.807) is 13.8 Å². The normalized spacial score (nSPS) is 12.0. The van der Waals surface area contributed by atoms with Crippen LogP contribution in [0.3, 0.4) is 0 Å². The van der Waals surface area contributed by atoms with Gasteiger partial charge in [-0.15, -0.1) is 0 Å². The summed E-state index contributed by atoms with van der Waals surface area (Å²) in [6.07, 6.45) is -2.31. The Kier molecular flexibility index (Phi) is 5.78. The first kappa shape index (κ1) is 21.3. The Morgan fingerprint density at radius 2 is 1.73 bits per heavy atom. The van der Waals surface area contributed by atoms with Gasteiger partial charge in [-0.25, -0.2) is 9.37 Å². The van der Waals surface area contributed by atoms with Crippen LogP contribution in [-0.2, 0) is 6.18 Å². The fourth-order valence-corrected chi connectivity index (χ4v) is 2.25. The van der Waals surface area contributed by atoms with E-state index in [2.05, 4.69) is 35.6 Å². The highest BCUT2D eigenvalue weighted by Gasteiger charge is 2.32. The Hall–Kier alpha value is -3.41. The number of nitrogens with one attached hydrogen (secondary N) is 2. The molecule has 158 valence electrons. The standard InChI is InChI=1S/C18H17F4N7O/c1-17(2,30)9-24-15-27-14(12-4-3-5-13(26-12)18(20,21)22)28-16(29-15)25-11-6-10(19)7-23-8-11/h3-8,30H,9H2,1-2H3,(H2,24,25,27,28,29). The lowest BCUT2D eigenvalue weighted by molar-refractivity contribution is -0.141. The molecule has 3 aromatic rings. The monoisotopic (exact) mass is 423 g/mol. The van der Waals surface area contributed by atoms with Gasteiger partial charge in [-0.2, -0.15) is 28.1 Å². The summed E-state index contributed by atoms with van der Waals surface area (Å²) in [6.45, 7) is 3.15. The molecule has 0 aromatic carbocycles. The predicted octanol–water partition coefficient (Wildman–Crippen LogP) is 3.41. The Balaban J connectivity index is 2.01. The second-order valence-electron chi connectivity index (χ2n) is 6.89. The van der Waals surface area contributed by atoms with Crippen LogP contribution < -0.4 is 10.6 Å². The zero-order valence-corrected chi connectivity index (χ0v) is 15.9. The van der Waals surface area contributed by atoms with Gasteiger partial charge in [-0.1, -0.05) is 6.07 Å². The van der Waals surface area contributed by atoms with Crippen LogP contribution in [0.25, 0.3) is 11.5 Å². The highest BCUT2D eigenvalue weighted by molar-refractivity contribution is 5.58. The zero-order chi connectivity index (χ0) is 21.9. The summed E-state index contributed by atoms with van der Waals surface area (Å²) in [6, 6.07) is 4.47. The molecule has 3 N–H and O–H groups in total. The molecule has 0 unspecified atom stereocenters. The number of nitrogens with zero attached hydrogens (tertiary/aromatic N) is 5. The summed E-state index contributed by atoms with van der Waals surface area (Å²) < 4.78 is 52.4. The van der Waals surface area contributed by atoms with Gasteiger partial charge in [-0.3, -0.25) is 4.98 Å². The van der Waals surface area contributed by atoms with Gasteiger partial charge in [0.05, 0.1) is 23.7 Å². The molecule has 0 radical (unpaired) electrons. The van der Waals surface area contributed by atoms with Crippen LogP contribution in [0, 0.1) is 5.82 Å². The second-order valence-corrected chi connectivity index (χ2v) is 6.89. The highest BCUT2D eigenvalue weighted by Crippen LogP contribution is 2.29. The number of hydrogen-bond donors (Lipinski definition) is 3. The van der Waals surface area contributed by atoms with E-state index in [0.29, 0.717) is 0 Å². The average molecular weight is 423 g/mol. The van der Waals surface area contributed by atoms with E-state index < -0.39 is 23.3 Å². The van der Waals surface area contributed by atoms with Crippen LogP contribution in [0.5, 0.6) is 0 Å². The van der Waals surface area contributed by atoms with Gasteiger partial charge >= 0.3 is 6.18 Å². The first-order valence-corrected chi connectivity index (χ1v) is 8.64. The van der Waals surface area contributed by atoms with Crippen molar-refractivity contribution in [2.24, 2.45) is 0 Å². The van der Waals surface area contributed by atoms with Crippen molar-refractivity contribution in [2.75, 3.05) is 17.2 Å². The van der Waals surface area contributed by atoms with Crippen molar-refractivity contribution in [1.29, 1.82) is 0 Å². The number of rotatable bonds is 6. The maximum absolute atomic E-state index is 13.4. The average Bonchev–Trinajstić information content (AvgIpc) is 2.65. The van der Waals surface area contributed by atoms with Crippen LogP contribution in [0.4, 0.5) is 35.1 Å². The summed E-state index contributed by atoms with van der Waals surface area (Å²) in [7, 11) is 0. The van der Waals surface area contributed by atoms with E-state index in [4.69, 9.17) is 0 Å². The minimum atomic E-state index is -4.64. The largest absolute Gasteiger partial charge is 0.433 e. The Morgan fingerprint density at radius 1 is 1.00 bits per heavy atom. The van der Waals surface area contributed by atoms with Crippen LogP contribution in [0.2, 0.25) is 0 Å². The minimum absolute atomic E-state index is 0.0202. The topological polar surface area (TPSA) is 109 Å². The van der Waals surface area contributed by atoms with Gasteiger partial charge < -0.3 is 15.7 Å². The van der Waals surface area contributed by atoms with E-state index in [0.717, 1.165) is 18.3 Å². The quantitative estimate of drug-likeness (QED) is 0.518. The number of aliphatic hydroxyl groups is 1. The van der Waals surface area contributed by atoms with E-state index in [1.807, 2.05) is 0 Å². The van der Waals surface area contributed by atoms with Crippen molar-refractivity contribution in [3.05, 3.63) is 48.2 Å². The molecule has 3 rings (SSSR count). The van der Waals surface area contributed by atoms with E-state index >= 15 is 0 Å². The van der Waals surface area contributed by atoms with Gasteiger partial charge in [-0.05, 0) is 26.0 Å². The van der Waals surface area contributed by atoms with Crippen molar-refractivity contribution in [2.45, 2.75) is 25.6 Å². The Morgan fingerprint density at radius 3 is 2.40 bits per heavy atom. The maximum atomic E-state index is 13.4. The van der Waals surface area contributed by atoms with Gasteiger partial charge in [0, 0.05) is 12.6 Å². The summed E-state index contributed by atoms with van der Waals surface area (Å²) in [5.41, 5.74) is -2.13. The molecule has 0 saturated heterocycles. The maximum Gasteiger partial charge on any atom is 0.433 e. The number of aromatic nitrogens is 5. The molecule has 0 fully saturated rings. The first-order valence-electron chi connectivity index (χ1n) is 8.64. The van der Waals surface area contributed by atoms with Crippen LogP contribution >= 0.6 is 0 Å². The predicted molar refractivity (Wildman–Crippen MR) is 100 cm³/mol. The SMILES string of the molecule is CC(C)(O)CNc1nc(Nc2cncc(F)c2)nc(-c2cccc(C(F)(F)F)n2)n1. The number of alkyl halides is 3. The number of anilines is 3. The van der Waals surface area contributed by atoms with E-state index in [9.17, 15) is 22.7 Å². The van der Waals surface area contributed by atoms with E-state index in [1.165, 1.54) is 18.3 Å². The summed E-state index contributed by atoms with van der Waals surface area (Å²) in [5.74, 6) is -0.853. The molecule has 0 atom stereocenters. The Labute approximate surface area is 168 Å². The van der Waals surface area contributed by atoms with Gasteiger partial charge in [0.15, 0.2) is 5.82 Å². The van der Waals surface area contributed by atoms with Crippen molar-refractivity contribution >= 4 is 17.6 Å². The van der Waals surface area contributed by atoms with Crippen molar-refractivity contribution in [3.8, 4) is 11.5 Å². The number of hydrogen-bond acceptors (Lipinski definition) is 8. The van der Waals surface area contributed by atoms with Crippen LogP contribution in [0.15, 0.2) is 36.7 Å². The van der Waals surface area contributed by atoms with Crippen molar-refractivity contribution in [1.82, 2.24) is 24.9 Å². The lowest BCUT2D eigenvalue weighted by atomic mass is 10.1. The van der Waals surface area contributed by atoms with Crippen LogP contribution in [-0.4, -0.2) is 42.2 Å². The molecule has 12 heteroatoms. The summed E-state index contributed by atoms with van der Waals surface area (Å²) in [5, 5.41) is 15.4. The molecule has 0 aliphatic heterocycles. The lowest BCUT2D eigenvalue weighted by Crippen LogP contribution is -2.30. The van der Waals surface area contributed by atoms with Crippen molar-refractivity contribution < 1.29 is 22.7 Å². The molecule has 0 aliphatic rings. The van der Waals surface area contributed by atoms with Gasteiger partial charge in [0.1, 0.15) is 17.2 Å². The molecule has 0 bridgehead atoms. The molecule has 8 nitrogen and oxygen atoms in total. The Bertz CT molecular complexity index is 1040. The number of halogens is 4. The first-order chi connectivity index (χ1) is 14.0. The smallest absolute Gasteiger partial charge is 0.389 e. The van der Waals surface area contributed by atoms with Gasteiger partial charge in [0.2, 0.25) is 11.9 Å². The molecule has 30 heavy (non-hydrogen) atoms. The molecule has 3 heterocycles. The fraction of sp³-hybridized carbons (Fsp3) is 0.278. The fourth-order valence-electron chi connectivity index (χ4n) is 2.25. The molecular formula is C18H17F4N7O. The van der Waals surface area contributed by atoms with Gasteiger partial charge in [0.25, 0.3) is 0 Å². The third-order valence-corrected chi connectivity index (χ3v) is 3.54. The third kappa shape index (κ3) is 5.80. The van der Waals surface area contributed by atoms with Crippen LogP contribution in [0.1, 0.15) is 19.5 Å². The zero-order valence-electron chi connectivity index (χ0n) is 15.9. The lowest BCUT2D eigenvalue weighted by Gasteiger charge is -2.18. The van der Waals surface area contributed by atoms with E-state index in [-0.39, 0.29) is 35.6 Å². The number of pyridine rings is 2. The van der Waals surface area contributed by atoms with Crippen molar-refractivity contribution in [3.63, 3.8) is 0 Å². The molecule has 3 aromatic heterocycles. The second kappa shape index (κ2) is 8.14. The summed E-state index contributed by atoms with van der Waals surface area (Å²) >= 11 is 0. The highest BCUT2D eigenvalue weighted by atomic mass is 19.4. The molecular weight excluding hydrogens is 406 g/mol. The molecule has 0 amide bonds. The minimum Gasteiger partial charge on any atom is -0.389 e. The summed E-state index contributed by atoms with van der Waals surface area (Å²) in [4.78, 5) is 19.5. The molecule has 0 aliphatic carbocycles. The molecule has 0 spiro atoms.